The summed E-state index contributed by atoms with van der Waals surface area (Å²) in [5, 5.41) is 3.39. The van der Waals surface area contributed by atoms with Crippen LogP contribution in [0.5, 0.6) is 0 Å². The summed E-state index contributed by atoms with van der Waals surface area (Å²) in [5.41, 5.74) is 0. The smallest absolute Gasteiger partial charge is 0.223 e. The van der Waals surface area contributed by atoms with Gasteiger partial charge in [0.2, 0.25) is 5.91 Å². The minimum Gasteiger partial charge on any atom is -0.343 e. The zero-order valence-corrected chi connectivity index (χ0v) is 10.1. The normalized spacial score (nSPS) is 18.1. The van der Waals surface area contributed by atoms with E-state index < -0.39 is 0 Å². The Morgan fingerprint density at radius 1 is 1.40 bits per heavy atom. The number of rotatable bonds is 6. The molecule has 1 rings (SSSR count). The van der Waals surface area contributed by atoms with Gasteiger partial charge in [-0.3, -0.25) is 4.79 Å². The van der Waals surface area contributed by atoms with E-state index in [2.05, 4.69) is 19.2 Å². The molecule has 0 radical (unpaired) electrons. The highest BCUT2D eigenvalue weighted by atomic mass is 16.2. The lowest BCUT2D eigenvalue weighted by atomic mass is 10.2. The van der Waals surface area contributed by atoms with E-state index >= 15 is 0 Å². The van der Waals surface area contributed by atoms with Crippen LogP contribution < -0.4 is 5.32 Å². The van der Waals surface area contributed by atoms with Gasteiger partial charge < -0.3 is 10.2 Å². The third kappa shape index (κ3) is 4.65. The maximum Gasteiger partial charge on any atom is 0.223 e. The van der Waals surface area contributed by atoms with Gasteiger partial charge in [0.1, 0.15) is 0 Å². The molecule has 1 aliphatic heterocycles. The number of hydrogen-bond donors (Lipinski definition) is 1. The molecule has 1 saturated heterocycles. The fourth-order valence-corrected chi connectivity index (χ4v) is 2.09. The minimum absolute atomic E-state index is 0.323. The molecule has 1 amide bonds. The van der Waals surface area contributed by atoms with Crippen LogP contribution in [-0.4, -0.2) is 36.5 Å². The van der Waals surface area contributed by atoms with Crippen molar-refractivity contribution in [2.75, 3.05) is 19.6 Å². The van der Waals surface area contributed by atoms with E-state index in [-0.39, 0.29) is 0 Å². The Morgan fingerprint density at radius 2 is 2.07 bits per heavy atom. The summed E-state index contributed by atoms with van der Waals surface area (Å²) < 4.78 is 0. The second kappa shape index (κ2) is 6.83. The minimum atomic E-state index is 0.323. The molecule has 1 atom stereocenters. The van der Waals surface area contributed by atoms with Crippen LogP contribution in [0.2, 0.25) is 0 Å². The second-order valence-corrected chi connectivity index (χ2v) is 4.48. The zero-order valence-electron chi connectivity index (χ0n) is 10.1. The van der Waals surface area contributed by atoms with Gasteiger partial charge in [-0.25, -0.2) is 0 Å². The molecule has 0 bridgehead atoms. The van der Waals surface area contributed by atoms with E-state index in [1.807, 2.05) is 4.90 Å². The topological polar surface area (TPSA) is 32.3 Å². The number of carbonyl (C=O) groups excluding carboxylic acids is 1. The predicted molar refractivity (Wildman–Crippen MR) is 62.8 cm³/mol. The van der Waals surface area contributed by atoms with Gasteiger partial charge in [0.05, 0.1) is 0 Å². The third-order valence-corrected chi connectivity index (χ3v) is 3.01. The van der Waals surface area contributed by atoms with Crippen molar-refractivity contribution < 1.29 is 4.79 Å². The van der Waals surface area contributed by atoms with E-state index in [0.717, 1.165) is 19.6 Å². The van der Waals surface area contributed by atoms with Gasteiger partial charge in [-0.05, 0) is 26.2 Å². The summed E-state index contributed by atoms with van der Waals surface area (Å²) in [6.45, 7) is 7.15. The molecule has 88 valence electrons. The van der Waals surface area contributed by atoms with Crippen molar-refractivity contribution in [1.82, 2.24) is 10.2 Å². The molecule has 0 aromatic rings. The highest BCUT2D eigenvalue weighted by molar-refractivity contribution is 5.76. The van der Waals surface area contributed by atoms with Gasteiger partial charge >= 0.3 is 0 Å². The first-order valence-corrected chi connectivity index (χ1v) is 6.25. The van der Waals surface area contributed by atoms with Crippen LogP contribution >= 0.6 is 0 Å². The molecule has 0 aliphatic carbocycles. The van der Waals surface area contributed by atoms with Gasteiger partial charge in [0.25, 0.3) is 0 Å². The molecule has 0 spiro atoms. The van der Waals surface area contributed by atoms with Gasteiger partial charge in [0.15, 0.2) is 0 Å². The molecule has 1 unspecified atom stereocenters. The SMILES string of the molecule is CCCC(C)NCCC(=O)N1CCCC1. The van der Waals surface area contributed by atoms with Crippen LogP contribution in [0.15, 0.2) is 0 Å². The van der Waals surface area contributed by atoms with Crippen LogP contribution in [0.4, 0.5) is 0 Å². The van der Waals surface area contributed by atoms with Crippen LogP contribution in [0.1, 0.15) is 46.0 Å². The summed E-state index contributed by atoms with van der Waals surface area (Å²) in [6, 6.07) is 0.543. The Kier molecular flexibility index (Phi) is 5.69. The number of likely N-dealkylation sites (tertiary alicyclic amines) is 1. The molecule has 0 saturated carbocycles. The average Bonchev–Trinajstić information content (AvgIpc) is 2.70. The highest BCUT2D eigenvalue weighted by Crippen LogP contribution is 2.08. The van der Waals surface area contributed by atoms with Crippen molar-refractivity contribution in [2.45, 2.75) is 52.0 Å². The first-order valence-electron chi connectivity index (χ1n) is 6.25. The lowest BCUT2D eigenvalue weighted by Crippen LogP contribution is -2.33. The van der Waals surface area contributed by atoms with Gasteiger partial charge in [-0.15, -0.1) is 0 Å². The molecule has 1 aliphatic rings. The van der Waals surface area contributed by atoms with Crippen molar-refractivity contribution >= 4 is 5.91 Å². The number of nitrogens with zero attached hydrogens (tertiary/aromatic N) is 1. The highest BCUT2D eigenvalue weighted by Gasteiger charge is 2.17. The van der Waals surface area contributed by atoms with Crippen molar-refractivity contribution in [3.8, 4) is 0 Å². The molecular formula is C12H24N2O. The Morgan fingerprint density at radius 3 is 2.67 bits per heavy atom. The maximum absolute atomic E-state index is 11.7. The summed E-state index contributed by atoms with van der Waals surface area (Å²) >= 11 is 0. The molecule has 0 aromatic carbocycles. The maximum atomic E-state index is 11.7. The second-order valence-electron chi connectivity index (χ2n) is 4.48. The fourth-order valence-electron chi connectivity index (χ4n) is 2.09. The van der Waals surface area contributed by atoms with Gasteiger partial charge in [0, 0.05) is 32.1 Å². The van der Waals surface area contributed by atoms with Crippen LogP contribution in [-0.2, 0) is 4.79 Å². The average molecular weight is 212 g/mol. The lowest BCUT2D eigenvalue weighted by molar-refractivity contribution is -0.130. The van der Waals surface area contributed by atoms with E-state index in [9.17, 15) is 4.79 Å². The first-order chi connectivity index (χ1) is 7.24. The number of amides is 1. The molecular weight excluding hydrogens is 188 g/mol. The van der Waals surface area contributed by atoms with Crippen LogP contribution in [0.25, 0.3) is 0 Å². The molecule has 3 heteroatoms. The van der Waals surface area contributed by atoms with Gasteiger partial charge in [-0.1, -0.05) is 13.3 Å². The van der Waals surface area contributed by atoms with E-state index in [4.69, 9.17) is 0 Å². The largest absolute Gasteiger partial charge is 0.343 e. The monoisotopic (exact) mass is 212 g/mol. The van der Waals surface area contributed by atoms with E-state index in [1.165, 1.54) is 25.7 Å². The van der Waals surface area contributed by atoms with Crippen molar-refractivity contribution in [3.05, 3.63) is 0 Å². The molecule has 1 N–H and O–H groups in total. The van der Waals surface area contributed by atoms with Crippen LogP contribution in [0.3, 0.4) is 0 Å². The van der Waals surface area contributed by atoms with Crippen molar-refractivity contribution in [2.24, 2.45) is 0 Å². The Bertz CT molecular complexity index is 188. The molecule has 15 heavy (non-hydrogen) atoms. The number of hydrogen-bond acceptors (Lipinski definition) is 2. The molecule has 0 aromatic heterocycles. The van der Waals surface area contributed by atoms with Crippen molar-refractivity contribution in [3.63, 3.8) is 0 Å². The summed E-state index contributed by atoms with van der Waals surface area (Å²) in [5.74, 6) is 0.323. The Hall–Kier alpha value is -0.570. The van der Waals surface area contributed by atoms with Gasteiger partial charge in [-0.2, -0.15) is 0 Å². The van der Waals surface area contributed by atoms with E-state index in [1.54, 1.807) is 0 Å². The van der Waals surface area contributed by atoms with Crippen molar-refractivity contribution in [1.29, 1.82) is 0 Å². The quantitative estimate of drug-likeness (QED) is 0.728. The Labute approximate surface area is 93.2 Å². The standard InChI is InChI=1S/C12H24N2O/c1-3-6-11(2)13-8-7-12(15)14-9-4-5-10-14/h11,13H,3-10H2,1-2H3. The first kappa shape index (κ1) is 12.5. The van der Waals surface area contributed by atoms with Crippen LogP contribution in [0, 0.1) is 0 Å². The summed E-state index contributed by atoms with van der Waals surface area (Å²) in [7, 11) is 0. The number of carbonyl (C=O) groups is 1. The zero-order chi connectivity index (χ0) is 11.1. The number of nitrogens with one attached hydrogen (secondary N) is 1. The molecule has 1 fully saturated rings. The molecule has 1 heterocycles. The predicted octanol–water partition coefficient (Wildman–Crippen LogP) is 1.78. The summed E-state index contributed by atoms with van der Waals surface area (Å²) in [4.78, 5) is 13.7. The molecule has 3 nitrogen and oxygen atoms in total. The fraction of sp³-hybridized carbons (Fsp3) is 0.917. The summed E-state index contributed by atoms with van der Waals surface area (Å²) in [6.07, 6.45) is 5.43. The lowest BCUT2D eigenvalue weighted by Gasteiger charge is -2.17. The third-order valence-electron chi connectivity index (χ3n) is 3.01. The Balaban J connectivity index is 2.06. The van der Waals surface area contributed by atoms with E-state index in [0.29, 0.717) is 18.4 Å².